The van der Waals surface area contributed by atoms with Crippen LogP contribution >= 0.6 is 0 Å². The van der Waals surface area contributed by atoms with E-state index in [1.165, 1.54) is 24.3 Å². The molecule has 2 N–H and O–H groups in total. The molecule has 0 aliphatic carbocycles. The third kappa shape index (κ3) is 3.20. The summed E-state index contributed by atoms with van der Waals surface area (Å²) in [6.45, 7) is -0.106. The molecule has 0 aliphatic rings. The van der Waals surface area contributed by atoms with Crippen LogP contribution in [0.3, 0.4) is 0 Å². The van der Waals surface area contributed by atoms with Crippen LogP contribution in [0, 0.1) is 5.82 Å². The lowest BCUT2D eigenvalue weighted by Crippen LogP contribution is -2.08. The Labute approximate surface area is 112 Å². The van der Waals surface area contributed by atoms with Gasteiger partial charge in [-0.05, 0) is 24.3 Å². The summed E-state index contributed by atoms with van der Waals surface area (Å²) in [5.74, 6) is -0.523. The van der Waals surface area contributed by atoms with Crippen molar-refractivity contribution in [2.24, 2.45) is 0 Å². The summed E-state index contributed by atoms with van der Waals surface area (Å²) in [5.41, 5.74) is 5.03. The smallest absolute Gasteiger partial charge is 0.416 e. The van der Waals surface area contributed by atoms with E-state index < -0.39 is 17.6 Å². The number of hydrogen-bond donors (Lipinski definition) is 1. The Balaban J connectivity index is 2.13. The van der Waals surface area contributed by atoms with Gasteiger partial charge in [0.25, 0.3) is 0 Å². The molecule has 0 bridgehead atoms. The zero-order valence-electron chi connectivity index (χ0n) is 10.2. The van der Waals surface area contributed by atoms with E-state index in [0.29, 0.717) is 5.56 Å². The highest BCUT2D eigenvalue weighted by molar-refractivity contribution is 5.49. The standard InChI is InChI=1S/C14H11F4NO/c15-11-3-1-2-4-13(11)20-8-9-5-6-10(7-12(9)19)14(16,17)18/h1-7H,8,19H2. The number of benzene rings is 2. The number of anilines is 1. The van der Waals surface area contributed by atoms with E-state index in [9.17, 15) is 17.6 Å². The molecule has 0 heterocycles. The van der Waals surface area contributed by atoms with Crippen molar-refractivity contribution in [3.05, 3.63) is 59.4 Å². The monoisotopic (exact) mass is 285 g/mol. The minimum Gasteiger partial charge on any atom is -0.486 e. The summed E-state index contributed by atoms with van der Waals surface area (Å²) in [6, 6.07) is 8.72. The molecule has 2 aromatic carbocycles. The van der Waals surface area contributed by atoms with Crippen molar-refractivity contribution in [2.45, 2.75) is 12.8 Å². The summed E-state index contributed by atoms with van der Waals surface area (Å²) >= 11 is 0. The lowest BCUT2D eigenvalue weighted by Gasteiger charge is -2.12. The van der Waals surface area contributed by atoms with Gasteiger partial charge in [0.2, 0.25) is 0 Å². The second-order valence-electron chi connectivity index (χ2n) is 4.13. The zero-order valence-corrected chi connectivity index (χ0v) is 10.2. The Kier molecular flexibility index (Phi) is 3.83. The van der Waals surface area contributed by atoms with Gasteiger partial charge in [0.05, 0.1) is 5.56 Å². The van der Waals surface area contributed by atoms with E-state index in [0.717, 1.165) is 12.1 Å². The lowest BCUT2D eigenvalue weighted by molar-refractivity contribution is -0.137. The van der Waals surface area contributed by atoms with Crippen molar-refractivity contribution in [2.75, 3.05) is 5.73 Å². The number of nitrogen functional groups attached to an aromatic ring is 1. The largest absolute Gasteiger partial charge is 0.486 e. The molecule has 20 heavy (non-hydrogen) atoms. The number of alkyl halides is 3. The summed E-state index contributed by atoms with van der Waals surface area (Å²) in [6.07, 6.45) is -4.45. The first-order valence-electron chi connectivity index (χ1n) is 5.71. The third-order valence-electron chi connectivity index (χ3n) is 2.69. The van der Waals surface area contributed by atoms with Crippen molar-refractivity contribution in [3.63, 3.8) is 0 Å². The van der Waals surface area contributed by atoms with E-state index in [4.69, 9.17) is 10.5 Å². The molecule has 0 unspecified atom stereocenters. The van der Waals surface area contributed by atoms with Gasteiger partial charge < -0.3 is 10.5 Å². The molecule has 6 heteroatoms. The molecule has 0 amide bonds. The van der Waals surface area contributed by atoms with Crippen LogP contribution in [0.25, 0.3) is 0 Å². The Morgan fingerprint density at radius 3 is 2.35 bits per heavy atom. The molecule has 2 rings (SSSR count). The molecule has 0 radical (unpaired) electrons. The molecule has 0 aliphatic heterocycles. The lowest BCUT2D eigenvalue weighted by atomic mass is 10.1. The zero-order chi connectivity index (χ0) is 14.8. The molecule has 0 fully saturated rings. The molecular formula is C14H11F4NO. The molecule has 2 aromatic rings. The first-order valence-corrected chi connectivity index (χ1v) is 5.71. The average molecular weight is 285 g/mol. The number of rotatable bonds is 3. The van der Waals surface area contributed by atoms with E-state index >= 15 is 0 Å². The average Bonchev–Trinajstić information content (AvgIpc) is 2.38. The van der Waals surface area contributed by atoms with Crippen molar-refractivity contribution < 1.29 is 22.3 Å². The number of hydrogen-bond acceptors (Lipinski definition) is 2. The van der Waals surface area contributed by atoms with Gasteiger partial charge in [0, 0.05) is 11.3 Å². The highest BCUT2D eigenvalue weighted by Gasteiger charge is 2.30. The van der Waals surface area contributed by atoms with Crippen LogP contribution in [0.15, 0.2) is 42.5 Å². The fourth-order valence-electron chi connectivity index (χ4n) is 1.62. The van der Waals surface area contributed by atoms with Crippen molar-refractivity contribution in [1.29, 1.82) is 0 Å². The van der Waals surface area contributed by atoms with Gasteiger partial charge >= 0.3 is 6.18 Å². The molecular weight excluding hydrogens is 274 g/mol. The molecule has 2 nitrogen and oxygen atoms in total. The fourth-order valence-corrected chi connectivity index (χ4v) is 1.62. The predicted octanol–water partition coefficient (Wildman–Crippen LogP) is 4.01. The first-order chi connectivity index (χ1) is 9.38. The minimum absolute atomic E-state index is 0.0202. The van der Waals surface area contributed by atoms with Gasteiger partial charge in [-0.15, -0.1) is 0 Å². The number of ether oxygens (including phenoxy) is 1. The third-order valence-corrected chi connectivity index (χ3v) is 2.69. The van der Waals surface area contributed by atoms with Crippen molar-refractivity contribution in [1.82, 2.24) is 0 Å². The van der Waals surface area contributed by atoms with Gasteiger partial charge in [0.15, 0.2) is 11.6 Å². The topological polar surface area (TPSA) is 35.2 Å². The quantitative estimate of drug-likeness (QED) is 0.683. The molecule has 0 saturated carbocycles. The van der Waals surface area contributed by atoms with E-state index in [2.05, 4.69) is 0 Å². The SMILES string of the molecule is Nc1cc(C(F)(F)F)ccc1COc1ccccc1F. The van der Waals surface area contributed by atoms with E-state index in [1.54, 1.807) is 6.07 Å². The van der Waals surface area contributed by atoms with Crippen LogP contribution in [-0.4, -0.2) is 0 Å². The van der Waals surface area contributed by atoms with Gasteiger partial charge in [0.1, 0.15) is 6.61 Å². The van der Waals surface area contributed by atoms with Crippen LogP contribution in [-0.2, 0) is 12.8 Å². The maximum atomic E-state index is 13.3. The molecule has 0 aromatic heterocycles. The summed E-state index contributed by atoms with van der Waals surface area (Å²) < 4.78 is 55.9. The Hall–Kier alpha value is -2.24. The first kappa shape index (κ1) is 14.2. The van der Waals surface area contributed by atoms with Gasteiger partial charge in [-0.2, -0.15) is 13.2 Å². The highest BCUT2D eigenvalue weighted by atomic mass is 19.4. The molecule has 0 atom stereocenters. The minimum atomic E-state index is -4.45. The number of halogens is 4. The molecule has 0 spiro atoms. The summed E-state index contributed by atoms with van der Waals surface area (Å²) in [5, 5.41) is 0. The maximum absolute atomic E-state index is 13.3. The van der Waals surface area contributed by atoms with Crippen LogP contribution in [0.4, 0.5) is 23.2 Å². The Bertz CT molecular complexity index is 610. The van der Waals surface area contributed by atoms with Crippen LogP contribution in [0.1, 0.15) is 11.1 Å². The van der Waals surface area contributed by atoms with Crippen molar-refractivity contribution >= 4 is 5.69 Å². The van der Waals surface area contributed by atoms with Crippen LogP contribution in [0.2, 0.25) is 0 Å². The molecule has 106 valence electrons. The summed E-state index contributed by atoms with van der Waals surface area (Å²) in [7, 11) is 0. The van der Waals surface area contributed by atoms with E-state index in [1.807, 2.05) is 0 Å². The normalized spacial score (nSPS) is 11.4. The Morgan fingerprint density at radius 1 is 1.05 bits per heavy atom. The van der Waals surface area contributed by atoms with Gasteiger partial charge in [-0.3, -0.25) is 0 Å². The van der Waals surface area contributed by atoms with Gasteiger partial charge in [-0.1, -0.05) is 18.2 Å². The number of nitrogens with two attached hydrogens (primary N) is 1. The highest BCUT2D eigenvalue weighted by Crippen LogP contribution is 2.31. The van der Waals surface area contributed by atoms with Gasteiger partial charge in [-0.25, -0.2) is 4.39 Å². The van der Waals surface area contributed by atoms with Crippen molar-refractivity contribution in [3.8, 4) is 5.75 Å². The fraction of sp³-hybridized carbons (Fsp3) is 0.143. The predicted molar refractivity (Wildman–Crippen MR) is 66.6 cm³/mol. The number of para-hydroxylation sites is 1. The second kappa shape index (κ2) is 5.40. The Morgan fingerprint density at radius 2 is 1.75 bits per heavy atom. The maximum Gasteiger partial charge on any atom is 0.416 e. The molecule has 0 saturated heterocycles. The van der Waals surface area contributed by atoms with Crippen LogP contribution < -0.4 is 10.5 Å². The van der Waals surface area contributed by atoms with Crippen LogP contribution in [0.5, 0.6) is 5.75 Å². The summed E-state index contributed by atoms with van der Waals surface area (Å²) in [4.78, 5) is 0. The van der Waals surface area contributed by atoms with E-state index in [-0.39, 0.29) is 18.0 Å². The second-order valence-corrected chi connectivity index (χ2v) is 4.13.